The lowest BCUT2D eigenvalue weighted by molar-refractivity contribution is 0.0955. The molecule has 4 aromatic rings. The topological polar surface area (TPSA) is 78.8 Å². The second kappa shape index (κ2) is 9.93. The molecule has 34 heavy (non-hydrogen) atoms. The molecule has 0 aromatic heterocycles. The van der Waals surface area contributed by atoms with E-state index in [1.54, 1.807) is 32.2 Å². The minimum atomic E-state index is -3.67. The number of halogens is 1. The molecule has 0 spiro atoms. The molecule has 0 saturated carbocycles. The highest BCUT2D eigenvalue weighted by Gasteiger charge is 2.22. The molecule has 0 atom stereocenters. The van der Waals surface area contributed by atoms with Gasteiger partial charge in [-0.1, -0.05) is 80.0 Å². The summed E-state index contributed by atoms with van der Waals surface area (Å²) in [5.41, 5.74) is 3.55. The molecule has 6 nitrogen and oxygen atoms in total. The fourth-order valence-corrected chi connectivity index (χ4v) is 5.81. The summed E-state index contributed by atoms with van der Waals surface area (Å²) in [7, 11) is -3.67. The van der Waals surface area contributed by atoms with E-state index in [1.807, 2.05) is 48.5 Å². The Hall–Kier alpha value is -3.26. The molecule has 0 aliphatic carbocycles. The molecule has 0 heterocycles. The summed E-state index contributed by atoms with van der Waals surface area (Å²) >= 11 is 6.64. The first-order chi connectivity index (χ1) is 16.4. The van der Waals surface area contributed by atoms with Gasteiger partial charge in [-0.15, -0.1) is 0 Å². The van der Waals surface area contributed by atoms with Crippen LogP contribution in [0.15, 0.2) is 82.8 Å². The van der Waals surface area contributed by atoms with Crippen molar-refractivity contribution in [3.8, 4) is 0 Å². The van der Waals surface area contributed by atoms with Crippen LogP contribution in [0, 0.1) is 0 Å². The lowest BCUT2D eigenvalue weighted by Gasteiger charge is -2.18. The van der Waals surface area contributed by atoms with E-state index in [9.17, 15) is 13.2 Å². The first kappa shape index (κ1) is 23.9. The predicted molar refractivity (Wildman–Crippen MR) is 138 cm³/mol. The van der Waals surface area contributed by atoms with Crippen LogP contribution in [0.4, 0.5) is 0 Å². The van der Waals surface area contributed by atoms with Gasteiger partial charge in [0, 0.05) is 35.0 Å². The minimum absolute atomic E-state index is 0.0718. The van der Waals surface area contributed by atoms with Gasteiger partial charge in [0.15, 0.2) is 0 Å². The van der Waals surface area contributed by atoms with Crippen LogP contribution in [0.3, 0.4) is 0 Å². The third-order valence-electron chi connectivity index (χ3n) is 5.71. The number of nitrogens with zero attached hydrogens (tertiary/aromatic N) is 2. The van der Waals surface area contributed by atoms with Gasteiger partial charge in [0.2, 0.25) is 10.0 Å². The van der Waals surface area contributed by atoms with Crippen molar-refractivity contribution in [1.29, 1.82) is 0 Å². The summed E-state index contributed by atoms with van der Waals surface area (Å²) in [4.78, 5) is 12.8. The highest BCUT2D eigenvalue weighted by molar-refractivity contribution is 7.89. The molecule has 174 valence electrons. The third-order valence-corrected chi connectivity index (χ3v) is 8.16. The summed E-state index contributed by atoms with van der Waals surface area (Å²) in [6, 6.07) is 21.5. The molecule has 0 saturated heterocycles. The van der Waals surface area contributed by atoms with Crippen LogP contribution < -0.4 is 5.43 Å². The van der Waals surface area contributed by atoms with Crippen molar-refractivity contribution >= 4 is 55.3 Å². The second-order valence-corrected chi connectivity index (χ2v) is 9.95. The van der Waals surface area contributed by atoms with Gasteiger partial charge in [0.25, 0.3) is 5.91 Å². The van der Waals surface area contributed by atoms with E-state index in [1.165, 1.54) is 16.4 Å². The van der Waals surface area contributed by atoms with E-state index in [2.05, 4.69) is 10.5 Å². The molecule has 8 heteroatoms. The average Bonchev–Trinajstić information content (AvgIpc) is 2.86. The monoisotopic (exact) mass is 493 g/mol. The summed E-state index contributed by atoms with van der Waals surface area (Å²) < 4.78 is 26.9. The van der Waals surface area contributed by atoms with Crippen LogP contribution >= 0.6 is 11.6 Å². The van der Waals surface area contributed by atoms with Crippen molar-refractivity contribution in [3.63, 3.8) is 0 Å². The van der Waals surface area contributed by atoms with Crippen molar-refractivity contribution < 1.29 is 13.2 Å². The van der Waals surface area contributed by atoms with E-state index in [-0.39, 0.29) is 10.5 Å². The van der Waals surface area contributed by atoms with Crippen LogP contribution in [0.2, 0.25) is 5.02 Å². The molecule has 0 radical (unpaired) electrons. The summed E-state index contributed by atoms with van der Waals surface area (Å²) in [5.74, 6) is -0.504. The van der Waals surface area contributed by atoms with Gasteiger partial charge in [-0.25, -0.2) is 13.8 Å². The molecule has 4 rings (SSSR count). The van der Waals surface area contributed by atoms with Gasteiger partial charge >= 0.3 is 0 Å². The smallest absolute Gasteiger partial charge is 0.267 e. The number of benzene rings is 4. The quantitative estimate of drug-likeness (QED) is 0.211. The zero-order valence-corrected chi connectivity index (χ0v) is 20.4. The number of carbonyl (C=O) groups excluding carboxylic acids is 1. The fraction of sp³-hybridized carbons (Fsp3) is 0.154. The van der Waals surface area contributed by atoms with Gasteiger partial charge < -0.3 is 0 Å². The molecule has 1 N–H and O–H groups in total. The van der Waals surface area contributed by atoms with Gasteiger partial charge in [-0.05, 0) is 29.0 Å². The van der Waals surface area contributed by atoms with E-state index in [0.717, 1.165) is 27.1 Å². The number of nitrogens with one attached hydrogen (secondary N) is 1. The maximum Gasteiger partial charge on any atom is 0.271 e. The number of amides is 1. The Balaban J connectivity index is 1.65. The van der Waals surface area contributed by atoms with E-state index < -0.39 is 15.9 Å². The predicted octanol–water partition coefficient (Wildman–Crippen LogP) is 5.44. The van der Waals surface area contributed by atoms with Gasteiger partial charge in [-0.2, -0.15) is 9.41 Å². The van der Waals surface area contributed by atoms with Crippen LogP contribution in [0.25, 0.3) is 21.5 Å². The highest BCUT2D eigenvalue weighted by atomic mass is 35.5. The van der Waals surface area contributed by atoms with Gasteiger partial charge in [0.1, 0.15) is 0 Å². The van der Waals surface area contributed by atoms with Crippen LogP contribution in [-0.4, -0.2) is 37.9 Å². The Bertz CT molecular complexity index is 1460. The van der Waals surface area contributed by atoms with E-state index in [0.29, 0.717) is 18.1 Å². The lowest BCUT2D eigenvalue weighted by Crippen LogP contribution is -2.30. The Morgan fingerprint density at radius 3 is 2.03 bits per heavy atom. The van der Waals surface area contributed by atoms with Crippen molar-refractivity contribution in [2.24, 2.45) is 5.10 Å². The number of rotatable bonds is 7. The van der Waals surface area contributed by atoms with Crippen LogP contribution in [0.5, 0.6) is 0 Å². The molecule has 0 bridgehead atoms. The molecular formula is C26H24ClN3O3S. The number of fused-ring (bicyclic) bond motifs is 2. The van der Waals surface area contributed by atoms with Crippen LogP contribution in [-0.2, 0) is 10.0 Å². The van der Waals surface area contributed by atoms with Crippen molar-refractivity contribution in [1.82, 2.24) is 9.73 Å². The maximum absolute atomic E-state index is 12.8. The molecule has 1 amide bonds. The van der Waals surface area contributed by atoms with Crippen molar-refractivity contribution in [3.05, 3.63) is 88.9 Å². The molecular weight excluding hydrogens is 470 g/mol. The van der Waals surface area contributed by atoms with Crippen LogP contribution in [0.1, 0.15) is 29.8 Å². The SMILES string of the molecule is CCN(CC)S(=O)(=O)c1cccc(C(=O)NN=Cc2c3ccccc3c(Cl)c3ccccc23)c1. The Morgan fingerprint density at radius 1 is 0.912 bits per heavy atom. The second-order valence-electron chi connectivity index (χ2n) is 7.64. The highest BCUT2D eigenvalue weighted by Crippen LogP contribution is 2.35. The lowest BCUT2D eigenvalue weighted by atomic mass is 9.97. The molecule has 0 unspecified atom stereocenters. The number of hydrazone groups is 1. The summed E-state index contributed by atoms with van der Waals surface area (Å²) in [6.07, 6.45) is 1.59. The first-order valence-electron chi connectivity index (χ1n) is 10.9. The molecule has 0 fully saturated rings. The number of sulfonamides is 1. The van der Waals surface area contributed by atoms with Gasteiger partial charge in [0.05, 0.1) is 16.1 Å². The largest absolute Gasteiger partial charge is 0.271 e. The van der Waals surface area contributed by atoms with Crippen molar-refractivity contribution in [2.75, 3.05) is 13.1 Å². The zero-order chi connectivity index (χ0) is 24.3. The average molecular weight is 494 g/mol. The first-order valence-corrected chi connectivity index (χ1v) is 12.7. The number of carbonyl (C=O) groups is 1. The minimum Gasteiger partial charge on any atom is -0.267 e. The van der Waals surface area contributed by atoms with E-state index in [4.69, 9.17) is 11.6 Å². The summed E-state index contributed by atoms with van der Waals surface area (Å²) in [6.45, 7) is 4.25. The zero-order valence-electron chi connectivity index (χ0n) is 18.8. The normalized spacial score (nSPS) is 12.1. The summed E-state index contributed by atoms with van der Waals surface area (Å²) in [5, 5.41) is 8.46. The number of hydrogen-bond acceptors (Lipinski definition) is 4. The Morgan fingerprint density at radius 2 is 1.47 bits per heavy atom. The molecule has 0 aliphatic rings. The Kier molecular flexibility index (Phi) is 6.97. The van der Waals surface area contributed by atoms with Gasteiger partial charge in [-0.3, -0.25) is 4.79 Å². The maximum atomic E-state index is 12.8. The molecule has 4 aromatic carbocycles. The number of hydrogen-bond donors (Lipinski definition) is 1. The third kappa shape index (κ3) is 4.42. The molecule has 0 aliphatic heterocycles. The Labute approximate surface area is 203 Å². The standard InChI is InChI=1S/C26H24ClN3O3S/c1-3-30(4-2)34(32,33)19-11-9-10-18(16-19)26(31)29-28-17-24-20-12-5-7-14-22(20)25(27)23-15-8-6-13-21(23)24/h5-17H,3-4H2,1-2H3,(H,29,31). The fourth-order valence-electron chi connectivity index (χ4n) is 3.98. The van der Waals surface area contributed by atoms with E-state index >= 15 is 0 Å². The van der Waals surface area contributed by atoms with Crippen molar-refractivity contribution in [2.45, 2.75) is 18.7 Å².